The molecule has 2 heterocycles. The highest BCUT2D eigenvalue weighted by molar-refractivity contribution is 6.31. The molecular formula is C22H18N4O4. The van der Waals surface area contributed by atoms with Crippen LogP contribution in [0.2, 0.25) is 0 Å². The number of hydrogen-bond donors (Lipinski definition) is 2. The highest BCUT2D eigenvalue weighted by Crippen LogP contribution is 2.18. The number of carbonyl (C=O) groups is 2. The van der Waals surface area contributed by atoms with Crippen LogP contribution in [0.15, 0.2) is 68.7 Å². The predicted octanol–water partition coefficient (Wildman–Crippen LogP) is 2.39. The summed E-state index contributed by atoms with van der Waals surface area (Å²) in [6, 6.07) is 12.9. The van der Waals surface area contributed by atoms with Crippen molar-refractivity contribution >= 4 is 34.6 Å². The molecule has 2 aromatic carbocycles. The Hall–Kier alpha value is -4.07. The van der Waals surface area contributed by atoms with Crippen molar-refractivity contribution in [3.63, 3.8) is 0 Å². The quantitative estimate of drug-likeness (QED) is 0.641. The molecule has 8 nitrogen and oxygen atoms in total. The second-order valence-corrected chi connectivity index (χ2v) is 7.20. The summed E-state index contributed by atoms with van der Waals surface area (Å²) in [4.78, 5) is 53.6. The van der Waals surface area contributed by atoms with Gasteiger partial charge in [-0.1, -0.05) is 50.2 Å². The Labute approximate surface area is 170 Å². The molecule has 0 atom stereocenters. The van der Waals surface area contributed by atoms with E-state index in [1.807, 2.05) is 24.3 Å². The third kappa shape index (κ3) is 3.39. The Bertz CT molecular complexity index is 1360. The number of carbonyl (C=O) groups excluding carboxylic acids is 2. The number of nitrogens with zero attached hydrogens (tertiary/aromatic N) is 2. The summed E-state index contributed by atoms with van der Waals surface area (Å²) < 4.78 is 0.843. The maximum Gasteiger partial charge on any atom is 0.349 e. The van der Waals surface area contributed by atoms with Gasteiger partial charge in [-0.25, -0.2) is 4.79 Å². The van der Waals surface area contributed by atoms with E-state index in [-0.39, 0.29) is 22.2 Å². The number of rotatable bonds is 2. The number of amides is 3. The van der Waals surface area contributed by atoms with Crippen LogP contribution in [-0.4, -0.2) is 27.6 Å². The summed E-state index contributed by atoms with van der Waals surface area (Å²) >= 11 is 0. The van der Waals surface area contributed by atoms with Crippen LogP contribution in [0.3, 0.4) is 0 Å². The van der Waals surface area contributed by atoms with Gasteiger partial charge in [0.15, 0.2) is 5.84 Å². The van der Waals surface area contributed by atoms with Gasteiger partial charge in [-0.05, 0) is 35.3 Å². The molecule has 1 aromatic heterocycles. The van der Waals surface area contributed by atoms with Gasteiger partial charge in [0.25, 0.3) is 17.0 Å². The SMILES string of the molecule is CC(C)c1ccc(/C=C2\C(=O)NC(=O)N=C2n2[nH]c(=O)c3ccccc3c2=O)cc1. The fourth-order valence-electron chi connectivity index (χ4n) is 3.24. The number of imide groups is 1. The number of aromatic amines is 1. The van der Waals surface area contributed by atoms with Gasteiger partial charge in [0.05, 0.1) is 16.3 Å². The molecule has 0 unspecified atom stereocenters. The summed E-state index contributed by atoms with van der Waals surface area (Å²) in [6.45, 7) is 4.14. The summed E-state index contributed by atoms with van der Waals surface area (Å²) in [6.07, 6.45) is 1.52. The van der Waals surface area contributed by atoms with Gasteiger partial charge in [-0.15, -0.1) is 0 Å². The Kier molecular flexibility index (Phi) is 4.75. The van der Waals surface area contributed by atoms with E-state index >= 15 is 0 Å². The van der Waals surface area contributed by atoms with Crippen molar-refractivity contribution in [2.45, 2.75) is 19.8 Å². The van der Waals surface area contributed by atoms with Gasteiger partial charge in [0.1, 0.15) is 0 Å². The lowest BCUT2D eigenvalue weighted by atomic mass is 10.0. The highest BCUT2D eigenvalue weighted by atomic mass is 16.2. The fourth-order valence-corrected chi connectivity index (χ4v) is 3.24. The zero-order chi connectivity index (χ0) is 21.4. The van der Waals surface area contributed by atoms with E-state index in [1.165, 1.54) is 18.2 Å². The van der Waals surface area contributed by atoms with Crippen LogP contribution < -0.4 is 16.4 Å². The van der Waals surface area contributed by atoms with Gasteiger partial charge in [-0.2, -0.15) is 9.67 Å². The minimum absolute atomic E-state index is 0.0140. The molecule has 2 N–H and O–H groups in total. The molecule has 3 amide bonds. The van der Waals surface area contributed by atoms with Crippen molar-refractivity contribution < 1.29 is 9.59 Å². The highest BCUT2D eigenvalue weighted by Gasteiger charge is 2.28. The largest absolute Gasteiger partial charge is 0.349 e. The average molecular weight is 402 g/mol. The number of nitrogens with one attached hydrogen (secondary N) is 2. The maximum atomic E-state index is 13.0. The standard InChI is InChI=1S/C22H18N4O4/c1-12(2)14-9-7-13(8-10-14)11-17-18(23-22(30)24-19(17)27)26-21(29)16-6-4-3-5-15(16)20(28)25-26/h3-12H,1-2H3,(H,25,28)(H,24,27,30)/b17-11-. The van der Waals surface area contributed by atoms with Crippen molar-refractivity contribution in [2.24, 2.45) is 4.99 Å². The molecule has 4 rings (SSSR count). The number of fused-ring (bicyclic) bond motifs is 1. The smallest absolute Gasteiger partial charge is 0.272 e. The van der Waals surface area contributed by atoms with Crippen molar-refractivity contribution in [1.29, 1.82) is 0 Å². The molecular weight excluding hydrogens is 384 g/mol. The predicted molar refractivity (Wildman–Crippen MR) is 114 cm³/mol. The topological polar surface area (TPSA) is 113 Å². The molecule has 0 radical (unpaired) electrons. The number of H-pyrrole nitrogens is 1. The molecule has 30 heavy (non-hydrogen) atoms. The van der Waals surface area contributed by atoms with Crippen molar-refractivity contribution in [2.75, 3.05) is 0 Å². The summed E-state index contributed by atoms with van der Waals surface area (Å²) in [5.74, 6) is -0.593. The number of aliphatic imine (C=N–C) groups is 1. The van der Waals surface area contributed by atoms with Crippen LogP contribution in [0.25, 0.3) is 16.8 Å². The first-order valence-corrected chi connectivity index (χ1v) is 9.35. The number of hydrogen-bond acceptors (Lipinski definition) is 4. The Morgan fingerprint density at radius 1 is 0.933 bits per heavy atom. The first-order valence-electron chi connectivity index (χ1n) is 9.35. The van der Waals surface area contributed by atoms with E-state index in [0.717, 1.165) is 10.2 Å². The summed E-state index contributed by atoms with van der Waals surface area (Å²) in [5.41, 5.74) is 0.673. The normalized spacial score (nSPS) is 15.6. The van der Waals surface area contributed by atoms with Crippen molar-refractivity contribution in [1.82, 2.24) is 15.1 Å². The third-order valence-electron chi connectivity index (χ3n) is 4.86. The third-order valence-corrected chi connectivity index (χ3v) is 4.86. The van der Waals surface area contributed by atoms with E-state index in [4.69, 9.17) is 0 Å². The molecule has 0 saturated heterocycles. The van der Waals surface area contributed by atoms with Crippen LogP contribution in [0.4, 0.5) is 4.79 Å². The van der Waals surface area contributed by atoms with Gasteiger partial charge in [-0.3, -0.25) is 24.8 Å². The molecule has 0 bridgehead atoms. The minimum Gasteiger partial charge on any atom is -0.272 e. The lowest BCUT2D eigenvalue weighted by Gasteiger charge is -2.17. The van der Waals surface area contributed by atoms with Gasteiger partial charge in [0.2, 0.25) is 0 Å². The van der Waals surface area contributed by atoms with E-state index < -0.39 is 23.1 Å². The van der Waals surface area contributed by atoms with Gasteiger partial charge < -0.3 is 0 Å². The van der Waals surface area contributed by atoms with E-state index in [0.29, 0.717) is 11.5 Å². The average Bonchev–Trinajstić information content (AvgIpc) is 2.73. The second-order valence-electron chi connectivity index (χ2n) is 7.20. The molecule has 0 fully saturated rings. The first kappa shape index (κ1) is 19.3. The lowest BCUT2D eigenvalue weighted by molar-refractivity contribution is -0.116. The molecule has 0 spiro atoms. The van der Waals surface area contributed by atoms with Crippen LogP contribution in [-0.2, 0) is 4.79 Å². The van der Waals surface area contributed by atoms with Crippen LogP contribution in [0.1, 0.15) is 30.9 Å². The number of urea groups is 1. The molecule has 0 aliphatic carbocycles. The Morgan fingerprint density at radius 2 is 1.60 bits per heavy atom. The van der Waals surface area contributed by atoms with Crippen molar-refractivity contribution in [3.8, 4) is 0 Å². The van der Waals surface area contributed by atoms with Gasteiger partial charge in [0, 0.05) is 0 Å². The lowest BCUT2D eigenvalue weighted by Crippen LogP contribution is -2.44. The monoisotopic (exact) mass is 402 g/mol. The van der Waals surface area contributed by atoms with E-state index in [2.05, 4.69) is 29.3 Å². The molecule has 3 aromatic rings. The van der Waals surface area contributed by atoms with Crippen LogP contribution in [0, 0.1) is 0 Å². The molecule has 150 valence electrons. The van der Waals surface area contributed by atoms with E-state index in [1.54, 1.807) is 12.1 Å². The second kappa shape index (κ2) is 7.40. The fraction of sp³-hybridized carbons (Fsp3) is 0.136. The maximum absolute atomic E-state index is 13.0. The summed E-state index contributed by atoms with van der Waals surface area (Å²) in [5, 5.41) is 4.89. The molecule has 0 saturated carbocycles. The first-order chi connectivity index (χ1) is 14.3. The zero-order valence-corrected chi connectivity index (χ0v) is 16.3. The minimum atomic E-state index is -0.914. The summed E-state index contributed by atoms with van der Waals surface area (Å²) in [7, 11) is 0. The Balaban J connectivity index is 1.91. The van der Waals surface area contributed by atoms with Crippen molar-refractivity contribution in [3.05, 3.63) is 85.9 Å². The molecule has 8 heteroatoms. The van der Waals surface area contributed by atoms with Crippen LogP contribution >= 0.6 is 0 Å². The van der Waals surface area contributed by atoms with Crippen LogP contribution in [0.5, 0.6) is 0 Å². The van der Waals surface area contributed by atoms with E-state index in [9.17, 15) is 19.2 Å². The zero-order valence-electron chi connectivity index (χ0n) is 16.3. The number of aromatic nitrogens is 2. The van der Waals surface area contributed by atoms with Gasteiger partial charge >= 0.3 is 6.03 Å². The molecule has 1 aliphatic heterocycles. The molecule has 1 aliphatic rings. The number of benzene rings is 2. The Morgan fingerprint density at radius 3 is 2.27 bits per heavy atom.